The first kappa shape index (κ1) is 18.3. The van der Waals surface area contributed by atoms with Crippen LogP contribution >= 0.6 is 11.9 Å². The number of hydrogen-bond acceptors (Lipinski definition) is 4. The molecule has 1 N–H and O–H groups in total. The highest BCUT2D eigenvalue weighted by molar-refractivity contribution is 8.00. The molecule has 4 heteroatoms. The van der Waals surface area contributed by atoms with E-state index in [1.807, 2.05) is 11.9 Å². The summed E-state index contributed by atoms with van der Waals surface area (Å²) in [5.74, 6) is 0. The maximum atomic E-state index is 5.14. The molecule has 1 atom stereocenters. The minimum absolute atomic E-state index is 0.242. The van der Waals surface area contributed by atoms with Gasteiger partial charge in [-0.05, 0) is 73.5 Å². The smallest absolute Gasteiger partial charge is 0.0609 e. The van der Waals surface area contributed by atoms with Gasteiger partial charge in [-0.2, -0.15) is 0 Å². The molecule has 25 heavy (non-hydrogen) atoms. The molecule has 0 fully saturated rings. The second kappa shape index (κ2) is 8.75. The van der Waals surface area contributed by atoms with Crippen LogP contribution < -0.4 is 9.62 Å². The van der Waals surface area contributed by atoms with Crippen LogP contribution in [-0.2, 0) is 4.74 Å². The zero-order chi connectivity index (χ0) is 17.6. The molecule has 1 unspecified atom stereocenters. The van der Waals surface area contributed by atoms with E-state index in [1.54, 1.807) is 7.11 Å². The topological polar surface area (TPSA) is 24.5 Å². The Morgan fingerprint density at radius 3 is 2.76 bits per heavy atom. The monoisotopic (exact) mass is 356 g/mol. The molecule has 0 aromatic heterocycles. The van der Waals surface area contributed by atoms with E-state index in [0.717, 1.165) is 19.6 Å². The number of para-hydroxylation sites is 1. The number of nitrogens with one attached hydrogen (secondary N) is 1. The number of fused-ring (bicyclic) bond motifs is 2. The van der Waals surface area contributed by atoms with E-state index in [1.165, 1.54) is 40.1 Å². The Hall–Kier alpha value is -1.49. The molecule has 0 amide bonds. The van der Waals surface area contributed by atoms with Gasteiger partial charge in [-0.15, -0.1) is 0 Å². The average Bonchev–Trinajstić information content (AvgIpc) is 2.73. The Bertz CT molecular complexity index is 704. The third-order valence-electron chi connectivity index (χ3n) is 4.68. The first-order valence-corrected chi connectivity index (χ1v) is 9.81. The summed E-state index contributed by atoms with van der Waals surface area (Å²) in [4.78, 5) is 1.34. The molecule has 0 bridgehead atoms. The lowest BCUT2D eigenvalue weighted by atomic mass is 9.96. The molecule has 1 aliphatic rings. The Labute approximate surface area is 155 Å². The summed E-state index contributed by atoms with van der Waals surface area (Å²) in [6.07, 6.45) is 3.50. The van der Waals surface area contributed by atoms with Crippen LogP contribution in [0.4, 0.5) is 5.69 Å². The highest BCUT2D eigenvalue weighted by atomic mass is 32.2. The van der Waals surface area contributed by atoms with Gasteiger partial charge in [0.15, 0.2) is 0 Å². The molecule has 0 aliphatic carbocycles. The molecule has 1 aliphatic heterocycles. The largest absolute Gasteiger partial charge is 0.385 e. The number of unbranched alkanes of at least 4 members (excludes halogenated alkanes) is 2. The number of methoxy groups -OCH3 is 1. The number of nitrogens with zero attached hydrogens (tertiary/aromatic N) is 1. The van der Waals surface area contributed by atoms with E-state index in [9.17, 15) is 0 Å². The van der Waals surface area contributed by atoms with Gasteiger partial charge >= 0.3 is 0 Å². The lowest BCUT2D eigenvalue weighted by Gasteiger charge is -2.22. The molecule has 0 saturated carbocycles. The van der Waals surface area contributed by atoms with Crippen LogP contribution in [0.5, 0.6) is 0 Å². The average molecular weight is 357 g/mol. The fourth-order valence-electron chi connectivity index (χ4n) is 3.36. The molecule has 0 radical (unpaired) electrons. The highest BCUT2D eigenvalue weighted by Gasteiger charge is 2.25. The van der Waals surface area contributed by atoms with Crippen molar-refractivity contribution in [3.05, 3.63) is 59.2 Å². The lowest BCUT2D eigenvalue weighted by Crippen LogP contribution is -2.24. The predicted molar refractivity (Wildman–Crippen MR) is 107 cm³/mol. The third kappa shape index (κ3) is 4.38. The Kier molecular flexibility index (Phi) is 6.40. The first-order chi connectivity index (χ1) is 12.2. The zero-order valence-corrected chi connectivity index (χ0v) is 16.2. The lowest BCUT2D eigenvalue weighted by molar-refractivity contribution is 0.192. The number of rotatable bonds is 7. The van der Waals surface area contributed by atoms with Crippen molar-refractivity contribution >= 4 is 17.6 Å². The van der Waals surface area contributed by atoms with Gasteiger partial charge in [0.1, 0.15) is 0 Å². The van der Waals surface area contributed by atoms with Gasteiger partial charge in [-0.25, -0.2) is 0 Å². The number of aryl methyl sites for hydroxylation is 1. The standard InChI is InChI=1S/C21H28N2OS/c1-16-11-12-18-20(15-16)25-23(2)19-10-6-5-9-17(19)21(18)22-13-7-4-8-14-24-3/h5-6,9-12,15,21-22H,4,7-8,13-14H2,1-3H3. The summed E-state index contributed by atoms with van der Waals surface area (Å²) in [7, 11) is 3.93. The summed E-state index contributed by atoms with van der Waals surface area (Å²) in [6, 6.07) is 15.8. The van der Waals surface area contributed by atoms with Crippen LogP contribution in [0, 0.1) is 6.92 Å². The van der Waals surface area contributed by atoms with Crippen LogP contribution in [0.2, 0.25) is 0 Å². The summed E-state index contributed by atoms with van der Waals surface area (Å²) in [5, 5.41) is 3.81. The van der Waals surface area contributed by atoms with Crippen LogP contribution in [-0.4, -0.2) is 27.3 Å². The molecule has 1 heterocycles. The van der Waals surface area contributed by atoms with Crippen molar-refractivity contribution in [2.75, 3.05) is 31.6 Å². The minimum atomic E-state index is 0.242. The summed E-state index contributed by atoms with van der Waals surface area (Å²) in [5.41, 5.74) is 5.34. The van der Waals surface area contributed by atoms with Crippen LogP contribution in [0.15, 0.2) is 47.4 Å². The molecular formula is C21H28N2OS. The zero-order valence-electron chi connectivity index (χ0n) is 15.4. The van der Waals surface area contributed by atoms with Gasteiger partial charge in [0.05, 0.1) is 11.7 Å². The summed E-state index contributed by atoms with van der Waals surface area (Å²) in [6.45, 7) is 4.04. The Balaban J connectivity index is 1.83. The third-order valence-corrected chi connectivity index (χ3v) is 5.70. The number of ether oxygens (including phenoxy) is 1. The van der Waals surface area contributed by atoms with Gasteiger partial charge < -0.3 is 14.4 Å². The molecule has 2 aromatic carbocycles. The van der Waals surface area contributed by atoms with E-state index in [0.29, 0.717) is 0 Å². The number of hydrogen-bond donors (Lipinski definition) is 1. The highest BCUT2D eigenvalue weighted by Crippen LogP contribution is 2.43. The van der Waals surface area contributed by atoms with Gasteiger partial charge in [0.2, 0.25) is 0 Å². The van der Waals surface area contributed by atoms with E-state index in [2.05, 4.69) is 66.1 Å². The van der Waals surface area contributed by atoms with Crippen molar-refractivity contribution in [1.29, 1.82) is 0 Å². The van der Waals surface area contributed by atoms with Gasteiger partial charge in [-0.1, -0.05) is 30.3 Å². The van der Waals surface area contributed by atoms with Crippen molar-refractivity contribution < 1.29 is 4.74 Å². The minimum Gasteiger partial charge on any atom is -0.385 e. The van der Waals surface area contributed by atoms with Crippen molar-refractivity contribution in [3.8, 4) is 0 Å². The molecule has 2 aromatic rings. The molecule has 134 valence electrons. The van der Waals surface area contributed by atoms with Gasteiger partial charge in [-0.3, -0.25) is 0 Å². The molecular weight excluding hydrogens is 328 g/mol. The SMILES string of the molecule is COCCCCCNC1c2ccc(C)cc2SN(C)c2ccccc21. The van der Waals surface area contributed by atoms with Crippen molar-refractivity contribution in [2.24, 2.45) is 0 Å². The second-order valence-electron chi connectivity index (χ2n) is 6.63. The Morgan fingerprint density at radius 1 is 1.08 bits per heavy atom. The van der Waals surface area contributed by atoms with Gasteiger partial charge in [0.25, 0.3) is 0 Å². The maximum absolute atomic E-state index is 5.14. The fourth-order valence-corrected chi connectivity index (χ4v) is 4.45. The van der Waals surface area contributed by atoms with Crippen molar-refractivity contribution in [1.82, 2.24) is 5.32 Å². The molecule has 3 rings (SSSR count). The summed E-state index contributed by atoms with van der Waals surface area (Å²) < 4.78 is 7.43. The fraction of sp³-hybridized carbons (Fsp3) is 0.429. The van der Waals surface area contributed by atoms with Crippen molar-refractivity contribution in [3.63, 3.8) is 0 Å². The predicted octanol–water partition coefficient (Wildman–Crippen LogP) is 4.95. The number of anilines is 1. The van der Waals surface area contributed by atoms with Crippen LogP contribution in [0.3, 0.4) is 0 Å². The molecule has 0 saturated heterocycles. The summed E-state index contributed by atoms with van der Waals surface area (Å²) >= 11 is 1.82. The quantitative estimate of drug-likeness (QED) is 0.560. The second-order valence-corrected chi connectivity index (χ2v) is 7.80. The van der Waals surface area contributed by atoms with Crippen molar-refractivity contribution in [2.45, 2.75) is 37.1 Å². The molecule has 3 nitrogen and oxygen atoms in total. The van der Waals surface area contributed by atoms with Crippen LogP contribution in [0.25, 0.3) is 0 Å². The van der Waals surface area contributed by atoms with E-state index in [-0.39, 0.29) is 6.04 Å². The molecule has 0 spiro atoms. The Morgan fingerprint density at radius 2 is 1.92 bits per heavy atom. The number of benzene rings is 2. The van der Waals surface area contributed by atoms with Crippen LogP contribution in [0.1, 0.15) is 42.0 Å². The van der Waals surface area contributed by atoms with E-state index < -0.39 is 0 Å². The first-order valence-electron chi connectivity index (χ1n) is 9.04. The van der Waals surface area contributed by atoms with E-state index in [4.69, 9.17) is 4.74 Å². The van der Waals surface area contributed by atoms with E-state index >= 15 is 0 Å². The normalized spacial score (nSPS) is 16.3. The van der Waals surface area contributed by atoms with Gasteiger partial charge in [0, 0.05) is 25.7 Å². The maximum Gasteiger partial charge on any atom is 0.0609 e.